The monoisotopic (exact) mass is 630 g/mol. The highest BCUT2D eigenvalue weighted by Crippen LogP contribution is 2.29. The van der Waals surface area contributed by atoms with Gasteiger partial charge in [-0.05, 0) is 54.4 Å². The number of hydrogen-bond acceptors (Lipinski definition) is 7. The third kappa shape index (κ3) is 7.65. The van der Waals surface area contributed by atoms with Crippen molar-refractivity contribution in [2.75, 3.05) is 13.1 Å². The summed E-state index contributed by atoms with van der Waals surface area (Å²) in [7, 11) is -4.19. The van der Waals surface area contributed by atoms with Crippen LogP contribution in [0.15, 0.2) is 93.9 Å². The highest BCUT2D eigenvalue weighted by atomic mass is 35.5. The summed E-state index contributed by atoms with van der Waals surface area (Å²) in [5.74, 6) is -2.24. The van der Waals surface area contributed by atoms with Gasteiger partial charge in [0.15, 0.2) is 0 Å². The first-order valence-corrected chi connectivity index (χ1v) is 14.9. The van der Waals surface area contributed by atoms with Gasteiger partial charge in [0.05, 0.1) is 23.3 Å². The first-order valence-electron chi connectivity index (χ1n) is 12.7. The van der Waals surface area contributed by atoms with E-state index in [2.05, 4.69) is 15.0 Å². The Morgan fingerprint density at radius 2 is 1.64 bits per heavy atom. The van der Waals surface area contributed by atoms with Gasteiger partial charge in [-0.3, -0.25) is 9.59 Å². The van der Waals surface area contributed by atoms with E-state index in [0.717, 1.165) is 11.1 Å². The zero-order chi connectivity index (χ0) is 30.4. The van der Waals surface area contributed by atoms with Crippen molar-refractivity contribution in [3.05, 3.63) is 100 Å². The lowest BCUT2D eigenvalue weighted by Crippen LogP contribution is -2.51. The molecule has 3 aromatic carbocycles. The van der Waals surface area contributed by atoms with Crippen molar-refractivity contribution < 1.29 is 23.1 Å². The van der Waals surface area contributed by atoms with E-state index in [9.17, 15) is 23.1 Å². The molecule has 4 rings (SSSR count). The van der Waals surface area contributed by atoms with E-state index in [1.807, 2.05) is 42.5 Å². The molecule has 0 bridgehead atoms. The summed E-state index contributed by atoms with van der Waals surface area (Å²) < 4.78 is 29.1. The van der Waals surface area contributed by atoms with E-state index in [4.69, 9.17) is 34.0 Å². The number of rotatable bonds is 9. The van der Waals surface area contributed by atoms with Gasteiger partial charge in [0, 0.05) is 16.0 Å². The number of halogens is 2. The Labute approximate surface area is 253 Å². The molecular weight excluding hydrogens is 603 g/mol. The van der Waals surface area contributed by atoms with Crippen molar-refractivity contribution in [1.82, 2.24) is 15.0 Å². The van der Waals surface area contributed by atoms with Crippen LogP contribution in [0.4, 0.5) is 0 Å². The number of primary amides is 1. The smallest absolute Gasteiger partial charge is 0.264 e. The van der Waals surface area contributed by atoms with Gasteiger partial charge >= 0.3 is 0 Å². The lowest BCUT2D eigenvalue weighted by molar-refractivity contribution is -0.128. The van der Waals surface area contributed by atoms with Gasteiger partial charge in [0.1, 0.15) is 12.6 Å². The highest BCUT2D eigenvalue weighted by Gasteiger charge is 2.33. The fourth-order valence-electron chi connectivity index (χ4n) is 4.22. The first kappa shape index (κ1) is 31.0. The summed E-state index contributed by atoms with van der Waals surface area (Å²) >= 11 is 12.0. The Hall–Kier alpha value is -3.97. The normalized spacial score (nSPS) is 16.9. The molecule has 0 aromatic heterocycles. The second kappa shape index (κ2) is 13.3. The summed E-state index contributed by atoms with van der Waals surface area (Å²) in [6.07, 6.45) is -1.25. The third-order valence-corrected chi connectivity index (χ3v) is 8.18. The van der Waals surface area contributed by atoms with Crippen LogP contribution < -0.4 is 15.8 Å². The second-order valence-corrected chi connectivity index (χ2v) is 12.0. The number of carbonyl (C=O) groups excluding carboxylic acids is 2. The lowest BCUT2D eigenvalue weighted by atomic mass is 9.91. The zero-order valence-electron chi connectivity index (χ0n) is 22.3. The predicted octanol–water partition coefficient (Wildman–Crippen LogP) is 2.48. The molecule has 0 saturated heterocycles. The predicted molar refractivity (Wildman–Crippen MR) is 161 cm³/mol. The third-order valence-electron chi connectivity index (χ3n) is 6.33. The molecule has 1 aliphatic rings. The van der Waals surface area contributed by atoms with Gasteiger partial charge in [-0.2, -0.15) is 5.10 Å². The van der Waals surface area contributed by atoms with Crippen molar-refractivity contribution in [3.63, 3.8) is 0 Å². The van der Waals surface area contributed by atoms with Crippen LogP contribution in [0.3, 0.4) is 0 Å². The number of hydrogen-bond donors (Lipinski definition) is 4. The molecule has 5 N–H and O–H groups in total. The highest BCUT2D eigenvalue weighted by molar-refractivity contribution is 7.90. The molecule has 3 atom stereocenters. The molecule has 3 aromatic rings. The second-order valence-electron chi connectivity index (χ2n) is 9.42. The van der Waals surface area contributed by atoms with E-state index in [1.54, 1.807) is 12.1 Å². The van der Waals surface area contributed by atoms with E-state index in [1.165, 1.54) is 36.2 Å². The van der Waals surface area contributed by atoms with Gasteiger partial charge in [-0.25, -0.2) is 23.1 Å². The first-order chi connectivity index (χ1) is 19.9. The van der Waals surface area contributed by atoms with Crippen LogP contribution in [0.5, 0.6) is 0 Å². The maximum absolute atomic E-state index is 13.3. The molecule has 14 heteroatoms. The van der Waals surface area contributed by atoms with E-state index in [0.29, 0.717) is 15.8 Å². The summed E-state index contributed by atoms with van der Waals surface area (Å²) in [4.78, 5) is 28.4. The number of nitrogens with two attached hydrogens (primary N) is 1. The van der Waals surface area contributed by atoms with Crippen molar-refractivity contribution in [2.24, 2.45) is 15.8 Å². The van der Waals surface area contributed by atoms with Crippen LogP contribution in [0, 0.1) is 0 Å². The van der Waals surface area contributed by atoms with Crippen LogP contribution in [0.25, 0.3) is 0 Å². The SMILES string of the molecule is CC(O)C(NC(=O)CN=C(NS(=O)(=O)c1ccc(Cl)cc1)N1CC(c2ccccc2)C(c2ccc(Cl)cc2)=N1)C(N)=O. The molecule has 0 spiro atoms. The van der Waals surface area contributed by atoms with Crippen LogP contribution in [0.2, 0.25) is 10.0 Å². The number of guanidine groups is 1. The van der Waals surface area contributed by atoms with Crippen LogP contribution in [0.1, 0.15) is 24.0 Å². The topological polar surface area (TPSA) is 167 Å². The maximum Gasteiger partial charge on any atom is 0.264 e. The average Bonchev–Trinajstić information content (AvgIpc) is 3.40. The number of aliphatic imine (C=N–C) groups is 1. The largest absolute Gasteiger partial charge is 0.391 e. The Morgan fingerprint density at radius 3 is 2.21 bits per heavy atom. The van der Waals surface area contributed by atoms with Gasteiger partial charge in [0.25, 0.3) is 10.0 Å². The van der Waals surface area contributed by atoms with Gasteiger partial charge in [-0.15, -0.1) is 0 Å². The van der Waals surface area contributed by atoms with Crippen molar-refractivity contribution in [2.45, 2.75) is 29.9 Å². The maximum atomic E-state index is 13.3. The van der Waals surface area contributed by atoms with Crippen LogP contribution >= 0.6 is 23.2 Å². The molecule has 220 valence electrons. The fraction of sp³-hybridized carbons (Fsp3) is 0.214. The minimum absolute atomic E-state index is 0.0901. The van der Waals surface area contributed by atoms with Gasteiger partial charge < -0.3 is 16.2 Å². The zero-order valence-corrected chi connectivity index (χ0v) is 24.6. The van der Waals surface area contributed by atoms with Gasteiger partial charge in [-0.1, -0.05) is 65.7 Å². The van der Waals surface area contributed by atoms with Crippen molar-refractivity contribution in [3.8, 4) is 0 Å². The molecule has 3 unspecified atom stereocenters. The molecule has 42 heavy (non-hydrogen) atoms. The van der Waals surface area contributed by atoms with E-state index >= 15 is 0 Å². The Bertz CT molecular complexity index is 1600. The van der Waals surface area contributed by atoms with Crippen LogP contribution in [-0.2, 0) is 19.6 Å². The Kier molecular flexibility index (Phi) is 9.84. The number of aliphatic hydroxyl groups excluding tert-OH is 1. The fourth-order valence-corrected chi connectivity index (χ4v) is 5.49. The minimum Gasteiger partial charge on any atom is -0.391 e. The summed E-state index contributed by atoms with van der Waals surface area (Å²) in [6.45, 7) is 0.877. The van der Waals surface area contributed by atoms with E-state index < -0.39 is 40.5 Å². The number of amides is 2. The molecule has 0 radical (unpaired) electrons. The number of aliphatic hydroxyl groups is 1. The molecule has 1 aliphatic heterocycles. The number of carbonyl (C=O) groups is 2. The Balaban J connectivity index is 1.72. The quantitative estimate of drug-likeness (QED) is 0.209. The lowest BCUT2D eigenvalue weighted by Gasteiger charge is -2.20. The number of nitrogens with one attached hydrogen (secondary N) is 2. The molecule has 2 amide bonds. The van der Waals surface area contributed by atoms with Crippen molar-refractivity contribution >= 4 is 56.7 Å². The van der Waals surface area contributed by atoms with Crippen molar-refractivity contribution in [1.29, 1.82) is 0 Å². The number of hydrazone groups is 1. The molecule has 0 saturated carbocycles. The van der Waals surface area contributed by atoms with E-state index in [-0.39, 0.29) is 23.3 Å². The molecule has 1 heterocycles. The standard InChI is InChI=1S/C28H28Cl2N6O5S/c1-17(37)25(27(31)39)33-24(38)15-32-28(35-42(40,41)22-13-11-21(30)12-14-22)36-16-23(18-5-3-2-4-6-18)26(34-36)19-7-9-20(29)10-8-19/h2-14,17,23,25,37H,15-16H2,1H3,(H2,31,39)(H,32,35)(H,33,38). The minimum atomic E-state index is -4.19. The summed E-state index contributed by atoms with van der Waals surface area (Å²) in [5, 5.41) is 19.1. The molecule has 0 aliphatic carbocycles. The molecule has 0 fully saturated rings. The summed E-state index contributed by atoms with van der Waals surface area (Å²) in [5.41, 5.74) is 7.58. The van der Waals surface area contributed by atoms with Gasteiger partial charge in [0.2, 0.25) is 17.8 Å². The number of benzene rings is 3. The molecule has 11 nitrogen and oxygen atoms in total. The number of sulfonamides is 1. The Morgan fingerprint density at radius 1 is 1.05 bits per heavy atom. The molecular formula is C28H28Cl2N6O5S. The average molecular weight is 632 g/mol. The summed E-state index contributed by atoms with van der Waals surface area (Å²) in [6, 6.07) is 20.7. The number of nitrogens with zero attached hydrogens (tertiary/aromatic N) is 3. The van der Waals surface area contributed by atoms with Crippen LogP contribution in [-0.4, -0.2) is 67.3 Å².